The van der Waals surface area contributed by atoms with Crippen LogP contribution in [0.15, 0.2) is 36.5 Å². The van der Waals surface area contributed by atoms with Crippen molar-refractivity contribution in [3.63, 3.8) is 0 Å². The van der Waals surface area contributed by atoms with Crippen molar-refractivity contribution in [1.29, 1.82) is 0 Å². The Morgan fingerprint density at radius 3 is 2.62 bits per heavy atom. The number of fused-ring (bicyclic) bond motifs is 2. The molecule has 2 aliphatic rings. The lowest BCUT2D eigenvalue weighted by Gasteiger charge is -2.32. The molecule has 0 unspecified atom stereocenters. The first kappa shape index (κ1) is 15.0. The lowest BCUT2D eigenvalue weighted by Crippen LogP contribution is -2.39. The van der Waals surface area contributed by atoms with Crippen molar-refractivity contribution in [3.05, 3.63) is 42.1 Å². The van der Waals surface area contributed by atoms with Gasteiger partial charge in [0.15, 0.2) is 0 Å². The van der Waals surface area contributed by atoms with Gasteiger partial charge in [-0.1, -0.05) is 12.1 Å². The number of benzene rings is 1. The summed E-state index contributed by atoms with van der Waals surface area (Å²) in [5.74, 6) is 0.721. The van der Waals surface area contributed by atoms with E-state index >= 15 is 0 Å². The maximum Gasteiger partial charge on any atom is 0.260 e. The van der Waals surface area contributed by atoms with Crippen LogP contribution in [0.25, 0.3) is 0 Å². The Morgan fingerprint density at radius 2 is 1.88 bits per heavy atom. The molecule has 1 aliphatic carbocycles. The highest BCUT2D eigenvalue weighted by atomic mass is 16.3. The Labute approximate surface area is 140 Å². The van der Waals surface area contributed by atoms with Gasteiger partial charge in [-0.2, -0.15) is 0 Å². The van der Waals surface area contributed by atoms with Crippen LogP contribution in [0, 0.1) is 0 Å². The fourth-order valence-electron chi connectivity index (χ4n) is 3.33. The lowest BCUT2D eigenvalue weighted by atomic mass is 9.89. The first-order valence-corrected chi connectivity index (χ1v) is 8.10. The molecule has 1 aromatic carbocycles. The summed E-state index contributed by atoms with van der Waals surface area (Å²) in [5.41, 5.74) is 3.26. The number of carbonyl (C=O) groups is 1. The molecule has 0 saturated heterocycles. The van der Waals surface area contributed by atoms with Crippen LogP contribution >= 0.6 is 0 Å². The number of hydrogen-bond acceptors (Lipinski definition) is 5. The van der Waals surface area contributed by atoms with E-state index in [1.54, 1.807) is 18.1 Å². The van der Waals surface area contributed by atoms with Crippen molar-refractivity contribution in [2.75, 3.05) is 29.2 Å². The second-order valence-electron chi connectivity index (χ2n) is 6.47. The van der Waals surface area contributed by atoms with E-state index in [9.17, 15) is 9.90 Å². The monoisotopic (exact) mass is 324 g/mol. The number of nitrogens with one attached hydrogen (secondary N) is 1. The topological polar surface area (TPSA) is 68.7 Å². The van der Waals surface area contributed by atoms with E-state index in [-0.39, 0.29) is 18.1 Å². The maximum atomic E-state index is 12.7. The average molecular weight is 324 g/mol. The summed E-state index contributed by atoms with van der Waals surface area (Å²) in [7, 11) is 3.73. The quantitative estimate of drug-likeness (QED) is 0.888. The van der Waals surface area contributed by atoms with Crippen molar-refractivity contribution in [2.45, 2.75) is 25.0 Å². The number of carbonyl (C=O) groups excluding carboxylic acids is 1. The normalized spacial score (nSPS) is 22.4. The summed E-state index contributed by atoms with van der Waals surface area (Å²) in [4.78, 5) is 20.8. The third-order valence-electron chi connectivity index (χ3n) is 4.85. The molecule has 1 amide bonds. The van der Waals surface area contributed by atoms with Gasteiger partial charge in [-0.15, -0.1) is 0 Å². The third kappa shape index (κ3) is 2.30. The number of rotatable bonds is 2. The third-order valence-corrected chi connectivity index (χ3v) is 4.85. The number of amides is 1. The van der Waals surface area contributed by atoms with Crippen molar-refractivity contribution in [3.8, 4) is 0 Å². The van der Waals surface area contributed by atoms with E-state index in [1.165, 1.54) is 0 Å². The number of anilines is 4. The van der Waals surface area contributed by atoms with Crippen molar-refractivity contribution in [1.82, 2.24) is 4.98 Å². The van der Waals surface area contributed by atoms with Crippen molar-refractivity contribution < 1.29 is 9.90 Å². The van der Waals surface area contributed by atoms with Gasteiger partial charge < -0.3 is 20.2 Å². The van der Waals surface area contributed by atoms with Gasteiger partial charge in [-0.3, -0.25) is 4.79 Å². The molecule has 24 heavy (non-hydrogen) atoms. The minimum atomic E-state index is -0.207. The van der Waals surface area contributed by atoms with Gasteiger partial charge in [-0.25, -0.2) is 4.98 Å². The second-order valence-corrected chi connectivity index (χ2v) is 6.47. The molecule has 1 aromatic heterocycles. The van der Waals surface area contributed by atoms with Crippen LogP contribution in [-0.4, -0.2) is 42.2 Å². The lowest BCUT2D eigenvalue weighted by molar-refractivity contribution is 0.0835. The predicted octanol–water partition coefficient (Wildman–Crippen LogP) is 2.37. The summed E-state index contributed by atoms with van der Waals surface area (Å²) in [6.45, 7) is 0. The Kier molecular flexibility index (Phi) is 3.42. The molecule has 1 fully saturated rings. The molecule has 2 aromatic rings. The summed E-state index contributed by atoms with van der Waals surface area (Å²) in [6, 6.07) is 9.83. The molecule has 0 radical (unpaired) electrons. The van der Waals surface area contributed by atoms with Gasteiger partial charge in [0, 0.05) is 26.2 Å². The van der Waals surface area contributed by atoms with Crippen LogP contribution < -0.4 is 15.1 Å². The number of aromatic nitrogens is 1. The van der Waals surface area contributed by atoms with Gasteiger partial charge in [-0.05, 0) is 25.0 Å². The minimum Gasteiger partial charge on any atom is -0.393 e. The number of pyridine rings is 1. The number of aliphatic hydroxyl groups is 1. The van der Waals surface area contributed by atoms with E-state index in [4.69, 9.17) is 0 Å². The van der Waals surface area contributed by atoms with Gasteiger partial charge in [0.1, 0.15) is 5.82 Å². The second kappa shape index (κ2) is 5.49. The largest absolute Gasteiger partial charge is 0.393 e. The zero-order valence-electron chi connectivity index (χ0n) is 13.7. The standard InChI is InChI=1S/C18H20N4O2/c1-21-14-6-4-3-5-13(14)18(24)22(2)16-10-19-17(9-15(16)21)20-11-7-12(23)8-11/h3-6,9-12,23H,7-8H2,1-2H3,(H,19,20)/t11-,12+. The minimum absolute atomic E-state index is 0.0409. The Hall–Kier alpha value is -2.60. The highest BCUT2D eigenvalue weighted by molar-refractivity contribution is 6.13. The molecule has 4 rings (SSSR count). The number of hydrogen-bond donors (Lipinski definition) is 2. The van der Waals surface area contributed by atoms with Crippen LogP contribution in [0.4, 0.5) is 22.9 Å². The molecule has 1 saturated carbocycles. The number of para-hydroxylation sites is 1. The Morgan fingerprint density at radius 1 is 1.12 bits per heavy atom. The SMILES string of the molecule is CN1C(=O)c2ccccc2N(C)c2cc(N[C@H]3C[C@@H](O)C3)ncc21. The molecule has 0 atom stereocenters. The van der Waals surface area contributed by atoms with Crippen LogP contribution in [0.3, 0.4) is 0 Å². The van der Waals surface area contributed by atoms with E-state index in [0.29, 0.717) is 5.56 Å². The molecular weight excluding hydrogens is 304 g/mol. The van der Waals surface area contributed by atoms with Crippen LogP contribution in [0.1, 0.15) is 23.2 Å². The Bertz CT molecular complexity index is 801. The van der Waals surface area contributed by atoms with E-state index in [2.05, 4.69) is 10.3 Å². The number of aliphatic hydroxyl groups excluding tert-OH is 1. The van der Waals surface area contributed by atoms with Gasteiger partial charge >= 0.3 is 0 Å². The molecule has 6 nitrogen and oxygen atoms in total. The summed E-state index contributed by atoms with van der Waals surface area (Å²) in [5, 5.41) is 12.8. The highest BCUT2D eigenvalue weighted by Crippen LogP contribution is 2.40. The zero-order valence-corrected chi connectivity index (χ0v) is 13.7. The molecule has 0 bridgehead atoms. The number of nitrogens with zero attached hydrogens (tertiary/aromatic N) is 3. The van der Waals surface area contributed by atoms with E-state index in [1.807, 2.05) is 42.3 Å². The van der Waals surface area contributed by atoms with Crippen molar-refractivity contribution >= 4 is 28.8 Å². The van der Waals surface area contributed by atoms with Crippen LogP contribution in [0.5, 0.6) is 0 Å². The summed E-state index contributed by atoms with van der Waals surface area (Å²) >= 11 is 0. The molecule has 2 N–H and O–H groups in total. The van der Waals surface area contributed by atoms with E-state index < -0.39 is 0 Å². The summed E-state index contributed by atoms with van der Waals surface area (Å²) in [6.07, 6.45) is 3.01. The van der Waals surface area contributed by atoms with Gasteiger partial charge in [0.25, 0.3) is 5.91 Å². The molecule has 6 heteroatoms. The van der Waals surface area contributed by atoms with Gasteiger partial charge in [0.2, 0.25) is 0 Å². The fourth-order valence-corrected chi connectivity index (χ4v) is 3.33. The molecule has 2 heterocycles. The molecule has 124 valence electrons. The summed E-state index contributed by atoms with van der Waals surface area (Å²) < 4.78 is 0. The smallest absolute Gasteiger partial charge is 0.260 e. The zero-order chi connectivity index (χ0) is 16.8. The van der Waals surface area contributed by atoms with Crippen LogP contribution in [-0.2, 0) is 0 Å². The predicted molar refractivity (Wildman–Crippen MR) is 94.1 cm³/mol. The Balaban J connectivity index is 1.74. The first-order valence-electron chi connectivity index (χ1n) is 8.10. The molecular formula is C18H20N4O2. The van der Waals surface area contributed by atoms with Gasteiger partial charge in [0.05, 0.1) is 34.9 Å². The van der Waals surface area contributed by atoms with E-state index in [0.717, 1.165) is 35.7 Å². The molecule has 1 aliphatic heterocycles. The van der Waals surface area contributed by atoms with Crippen LogP contribution in [0.2, 0.25) is 0 Å². The highest BCUT2D eigenvalue weighted by Gasteiger charge is 2.30. The maximum absolute atomic E-state index is 12.7. The molecule has 0 spiro atoms. The fraction of sp³-hybridized carbons (Fsp3) is 0.333. The average Bonchev–Trinajstić information content (AvgIpc) is 2.65. The first-order chi connectivity index (χ1) is 11.5. The van der Waals surface area contributed by atoms with Crippen molar-refractivity contribution in [2.24, 2.45) is 0 Å².